The predicted octanol–water partition coefficient (Wildman–Crippen LogP) is 4.66. The minimum atomic E-state index is -0.0802. The number of unbranched alkanes of at least 4 members (excludes halogenated alkanes) is 2. The summed E-state index contributed by atoms with van der Waals surface area (Å²) in [5.74, 6) is 9.25. The monoisotopic (exact) mass is 390 g/mol. The molecule has 4 saturated carbocycles. The maximum Gasteiger partial charge on any atom is 0.305 e. The summed E-state index contributed by atoms with van der Waals surface area (Å²) in [5, 5.41) is 0. The first-order chi connectivity index (χ1) is 13.6. The Morgan fingerprint density at radius 2 is 1.79 bits per heavy atom. The van der Waals surface area contributed by atoms with Crippen LogP contribution in [0.2, 0.25) is 0 Å². The maximum atomic E-state index is 11.9. The van der Waals surface area contributed by atoms with Crippen LogP contribution >= 0.6 is 0 Å². The highest BCUT2D eigenvalue weighted by Crippen LogP contribution is 2.71. The molecule has 0 aromatic heterocycles. The van der Waals surface area contributed by atoms with E-state index in [1.54, 1.807) is 12.8 Å². The van der Waals surface area contributed by atoms with E-state index in [9.17, 15) is 4.79 Å². The minimum absolute atomic E-state index is 0.0675. The van der Waals surface area contributed by atoms with Gasteiger partial charge in [-0.05, 0) is 78.9 Å². The molecule has 1 heterocycles. The molecule has 0 spiro atoms. The first kappa shape index (κ1) is 19.4. The van der Waals surface area contributed by atoms with Crippen LogP contribution in [0.1, 0.15) is 65.2 Å². The fourth-order valence-electron chi connectivity index (χ4n) is 8.27. The van der Waals surface area contributed by atoms with Crippen molar-refractivity contribution < 1.29 is 19.0 Å². The molecule has 0 N–H and O–H groups in total. The van der Waals surface area contributed by atoms with Gasteiger partial charge in [0, 0.05) is 6.42 Å². The van der Waals surface area contributed by atoms with Crippen LogP contribution in [0.3, 0.4) is 0 Å². The summed E-state index contributed by atoms with van der Waals surface area (Å²) in [6.07, 6.45) is 9.92. The van der Waals surface area contributed by atoms with Gasteiger partial charge in [-0.25, -0.2) is 0 Å². The largest absolute Gasteiger partial charge is 0.463 e. The second-order valence-electron chi connectivity index (χ2n) is 10.7. The molecule has 4 bridgehead atoms. The Morgan fingerprint density at radius 3 is 2.57 bits per heavy atom. The van der Waals surface area contributed by atoms with Crippen molar-refractivity contribution in [3.05, 3.63) is 0 Å². The van der Waals surface area contributed by atoms with Crippen molar-refractivity contribution in [1.82, 2.24) is 0 Å². The molecule has 0 aromatic carbocycles. The second-order valence-corrected chi connectivity index (χ2v) is 10.7. The Labute approximate surface area is 170 Å². The molecule has 0 aromatic rings. The van der Waals surface area contributed by atoms with E-state index in [4.69, 9.17) is 14.2 Å². The van der Waals surface area contributed by atoms with Crippen molar-refractivity contribution in [3.63, 3.8) is 0 Å². The highest BCUT2D eigenvalue weighted by atomic mass is 16.7. The molecule has 10 unspecified atom stereocenters. The van der Waals surface area contributed by atoms with Gasteiger partial charge in [0.25, 0.3) is 0 Å². The van der Waals surface area contributed by atoms with Crippen molar-refractivity contribution in [2.75, 3.05) is 20.0 Å². The Bertz CT molecular complexity index is 571. The van der Waals surface area contributed by atoms with Crippen molar-refractivity contribution in [1.29, 1.82) is 0 Å². The van der Waals surface area contributed by atoms with Crippen LogP contribution in [-0.4, -0.2) is 32.1 Å². The van der Waals surface area contributed by atoms with Crippen LogP contribution in [0, 0.1) is 53.3 Å². The molecule has 4 aliphatic carbocycles. The zero-order chi connectivity index (χ0) is 19.3. The van der Waals surface area contributed by atoms with E-state index in [1.165, 1.54) is 25.7 Å². The third-order valence-corrected chi connectivity index (χ3v) is 9.56. The molecule has 158 valence electrons. The molecule has 1 aliphatic heterocycles. The SMILES string of the molecule is CC1C(C)C2CC1C1C3CC(CCCCCC(=O)OCC4COCO4)C(C3)C21. The average Bonchev–Trinajstić information content (AvgIpc) is 3.48. The molecule has 5 fully saturated rings. The van der Waals surface area contributed by atoms with Gasteiger partial charge in [-0.1, -0.05) is 33.1 Å². The number of carbonyl (C=O) groups is 1. The smallest absolute Gasteiger partial charge is 0.305 e. The van der Waals surface area contributed by atoms with Gasteiger partial charge in [-0.2, -0.15) is 0 Å². The van der Waals surface area contributed by atoms with E-state index in [1.807, 2.05) is 0 Å². The van der Waals surface area contributed by atoms with E-state index >= 15 is 0 Å². The second kappa shape index (κ2) is 7.91. The number of hydrogen-bond acceptors (Lipinski definition) is 4. The lowest BCUT2D eigenvalue weighted by molar-refractivity contribution is -0.146. The molecule has 10 atom stereocenters. The van der Waals surface area contributed by atoms with Crippen molar-refractivity contribution in [2.45, 2.75) is 71.3 Å². The Kier molecular flexibility index (Phi) is 5.47. The predicted molar refractivity (Wildman–Crippen MR) is 106 cm³/mol. The van der Waals surface area contributed by atoms with Gasteiger partial charge in [0.2, 0.25) is 0 Å². The highest BCUT2D eigenvalue weighted by Gasteiger charge is 2.65. The topological polar surface area (TPSA) is 44.8 Å². The van der Waals surface area contributed by atoms with Gasteiger partial charge in [-0.3, -0.25) is 4.79 Å². The summed E-state index contributed by atoms with van der Waals surface area (Å²) in [7, 11) is 0. The molecular weight excluding hydrogens is 352 g/mol. The molecule has 4 nitrogen and oxygen atoms in total. The maximum absolute atomic E-state index is 11.9. The molecule has 0 amide bonds. The molecule has 5 rings (SSSR count). The van der Waals surface area contributed by atoms with Gasteiger partial charge in [0.1, 0.15) is 19.5 Å². The van der Waals surface area contributed by atoms with Crippen LogP contribution in [0.5, 0.6) is 0 Å². The van der Waals surface area contributed by atoms with Crippen LogP contribution in [0.4, 0.5) is 0 Å². The zero-order valence-corrected chi connectivity index (χ0v) is 17.7. The Balaban J connectivity index is 1.00. The summed E-state index contributed by atoms with van der Waals surface area (Å²) in [4.78, 5) is 11.9. The highest BCUT2D eigenvalue weighted by molar-refractivity contribution is 5.69. The van der Waals surface area contributed by atoms with E-state index in [0.717, 1.165) is 59.7 Å². The van der Waals surface area contributed by atoms with E-state index in [-0.39, 0.29) is 12.1 Å². The fourth-order valence-corrected chi connectivity index (χ4v) is 8.27. The molecule has 5 aliphatic rings. The number of esters is 1. The van der Waals surface area contributed by atoms with Crippen molar-refractivity contribution >= 4 is 5.97 Å². The van der Waals surface area contributed by atoms with Gasteiger partial charge >= 0.3 is 5.97 Å². The fraction of sp³-hybridized carbons (Fsp3) is 0.958. The first-order valence-electron chi connectivity index (χ1n) is 12.0. The quantitative estimate of drug-likeness (QED) is 0.343. The lowest BCUT2D eigenvalue weighted by Crippen LogP contribution is -2.38. The summed E-state index contributed by atoms with van der Waals surface area (Å²) in [6, 6.07) is 0. The van der Waals surface area contributed by atoms with Crippen LogP contribution in [0.25, 0.3) is 0 Å². The first-order valence-corrected chi connectivity index (χ1v) is 12.0. The standard InChI is InChI=1S/C24H38O4/c1-14-15(2)20-10-19(14)23-17-8-16(21(9-17)24(20)23)6-4-3-5-7-22(25)27-12-18-11-26-13-28-18/h14-21,23-24H,3-13H2,1-2H3. The van der Waals surface area contributed by atoms with E-state index in [0.29, 0.717) is 26.4 Å². The molecular formula is C24H38O4. The van der Waals surface area contributed by atoms with E-state index < -0.39 is 0 Å². The third kappa shape index (κ3) is 3.33. The van der Waals surface area contributed by atoms with Gasteiger partial charge < -0.3 is 14.2 Å². The van der Waals surface area contributed by atoms with Gasteiger partial charge in [-0.15, -0.1) is 0 Å². The summed E-state index contributed by atoms with van der Waals surface area (Å²) < 4.78 is 15.7. The van der Waals surface area contributed by atoms with Crippen LogP contribution < -0.4 is 0 Å². The summed E-state index contributed by atoms with van der Waals surface area (Å²) >= 11 is 0. The summed E-state index contributed by atoms with van der Waals surface area (Å²) in [5.41, 5.74) is 0. The van der Waals surface area contributed by atoms with Crippen LogP contribution in [-0.2, 0) is 19.0 Å². The number of rotatable bonds is 8. The Morgan fingerprint density at radius 1 is 0.964 bits per heavy atom. The lowest BCUT2D eigenvalue weighted by Gasteiger charge is -2.43. The minimum Gasteiger partial charge on any atom is -0.463 e. The molecule has 1 saturated heterocycles. The molecule has 4 heteroatoms. The number of fused-ring (bicyclic) bond motifs is 9. The van der Waals surface area contributed by atoms with Crippen molar-refractivity contribution in [3.8, 4) is 0 Å². The number of carbonyl (C=O) groups excluding carboxylic acids is 1. The average molecular weight is 391 g/mol. The zero-order valence-electron chi connectivity index (χ0n) is 17.7. The molecule has 0 radical (unpaired) electrons. The normalized spacial score (nSPS) is 48.4. The van der Waals surface area contributed by atoms with E-state index in [2.05, 4.69) is 13.8 Å². The lowest BCUT2D eigenvalue weighted by atomic mass is 9.61. The molecule has 28 heavy (non-hydrogen) atoms. The number of hydrogen-bond donors (Lipinski definition) is 0. The third-order valence-electron chi connectivity index (χ3n) is 9.56. The summed E-state index contributed by atoms with van der Waals surface area (Å²) in [6.45, 7) is 6.28. The van der Waals surface area contributed by atoms with Gasteiger partial charge in [0.05, 0.1) is 6.61 Å². The van der Waals surface area contributed by atoms with Crippen LogP contribution in [0.15, 0.2) is 0 Å². The van der Waals surface area contributed by atoms with Crippen molar-refractivity contribution in [2.24, 2.45) is 53.3 Å². The van der Waals surface area contributed by atoms with Gasteiger partial charge in [0.15, 0.2) is 0 Å². The Hall–Kier alpha value is -0.610. The number of ether oxygens (including phenoxy) is 3.